The number of nitrogens with one attached hydrogen (secondary N) is 1. The van der Waals surface area contributed by atoms with Gasteiger partial charge in [0.15, 0.2) is 0 Å². The zero-order chi connectivity index (χ0) is 9.26. The molecule has 3 heteroatoms. The fraction of sp³-hybridized carbons (Fsp3) is 0.400. The molecule has 1 N–H and O–H groups in total. The van der Waals surface area contributed by atoms with E-state index in [2.05, 4.69) is 27.3 Å². The molecule has 2 nitrogen and oxygen atoms in total. The molecule has 0 amide bonds. The van der Waals surface area contributed by atoms with Gasteiger partial charge in [-0.15, -0.1) is 0 Å². The van der Waals surface area contributed by atoms with E-state index >= 15 is 0 Å². The monoisotopic (exact) mass is 241 g/mol. The van der Waals surface area contributed by atoms with Crippen LogP contribution in [-0.4, -0.2) is 13.7 Å². The van der Waals surface area contributed by atoms with Crippen LogP contribution in [0.1, 0.15) is 12.0 Å². The van der Waals surface area contributed by atoms with Crippen molar-refractivity contribution < 1.29 is 4.74 Å². The highest BCUT2D eigenvalue weighted by atomic mass is 79.9. The van der Waals surface area contributed by atoms with Crippen molar-refractivity contribution in [1.82, 2.24) is 0 Å². The quantitative estimate of drug-likeness (QED) is 0.817. The highest BCUT2D eigenvalue weighted by molar-refractivity contribution is 9.10. The van der Waals surface area contributed by atoms with E-state index in [0.717, 1.165) is 23.2 Å². The molecule has 1 aliphatic heterocycles. The number of hydrogen-bond donors (Lipinski definition) is 1. The molecule has 0 saturated heterocycles. The Morgan fingerprint density at radius 1 is 1.46 bits per heavy atom. The van der Waals surface area contributed by atoms with Crippen LogP contribution in [0, 0.1) is 0 Å². The molecule has 0 fully saturated rings. The third kappa shape index (κ3) is 1.53. The van der Waals surface area contributed by atoms with Crippen molar-refractivity contribution in [3.8, 4) is 5.75 Å². The van der Waals surface area contributed by atoms with Gasteiger partial charge in [-0.05, 0) is 40.4 Å². The zero-order valence-electron chi connectivity index (χ0n) is 7.56. The van der Waals surface area contributed by atoms with Crippen LogP contribution in [0.5, 0.6) is 5.75 Å². The SMILES string of the molecule is COc1ccc2c(c1Br)NCCC2. The molecule has 1 heterocycles. The van der Waals surface area contributed by atoms with Gasteiger partial charge in [0, 0.05) is 6.54 Å². The van der Waals surface area contributed by atoms with Crippen molar-refractivity contribution in [1.29, 1.82) is 0 Å². The molecule has 0 bridgehead atoms. The minimum absolute atomic E-state index is 0.896. The van der Waals surface area contributed by atoms with Crippen molar-refractivity contribution in [3.63, 3.8) is 0 Å². The smallest absolute Gasteiger partial charge is 0.135 e. The molecule has 0 spiro atoms. The number of aryl methyl sites for hydroxylation is 1. The van der Waals surface area contributed by atoms with Gasteiger partial charge >= 0.3 is 0 Å². The van der Waals surface area contributed by atoms with E-state index in [0.29, 0.717) is 0 Å². The van der Waals surface area contributed by atoms with Crippen molar-refractivity contribution in [3.05, 3.63) is 22.2 Å². The summed E-state index contributed by atoms with van der Waals surface area (Å²) >= 11 is 3.54. The summed E-state index contributed by atoms with van der Waals surface area (Å²) in [6, 6.07) is 4.14. The third-order valence-corrected chi connectivity index (χ3v) is 3.12. The number of rotatable bonds is 1. The first kappa shape index (κ1) is 8.88. The molecular formula is C10H12BrNO. The van der Waals surface area contributed by atoms with Gasteiger partial charge in [-0.1, -0.05) is 6.07 Å². The number of anilines is 1. The van der Waals surface area contributed by atoms with E-state index in [9.17, 15) is 0 Å². The first-order valence-corrected chi connectivity index (χ1v) is 5.21. The van der Waals surface area contributed by atoms with Crippen molar-refractivity contribution >= 4 is 21.6 Å². The van der Waals surface area contributed by atoms with Crippen LogP contribution in [0.25, 0.3) is 0 Å². The summed E-state index contributed by atoms with van der Waals surface area (Å²) in [4.78, 5) is 0. The van der Waals surface area contributed by atoms with E-state index in [1.165, 1.54) is 17.7 Å². The number of ether oxygens (including phenoxy) is 1. The van der Waals surface area contributed by atoms with Gasteiger partial charge in [0.1, 0.15) is 5.75 Å². The van der Waals surface area contributed by atoms with E-state index in [1.807, 2.05) is 6.07 Å². The number of hydrogen-bond acceptors (Lipinski definition) is 2. The minimum atomic E-state index is 0.896. The molecule has 1 aromatic carbocycles. The lowest BCUT2D eigenvalue weighted by atomic mass is 10.0. The van der Waals surface area contributed by atoms with E-state index in [1.54, 1.807) is 7.11 Å². The second-order valence-electron chi connectivity index (χ2n) is 3.15. The Kier molecular flexibility index (Phi) is 2.44. The van der Waals surface area contributed by atoms with E-state index < -0.39 is 0 Å². The first-order chi connectivity index (χ1) is 6.33. The highest BCUT2D eigenvalue weighted by Gasteiger charge is 2.14. The summed E-state index contributed by atoms with van der Waals surface area (Å²) < 4.78 is 6.27. The molecule has 0 aromatic heterocycles. The van der Waals surface area contributed by atoms with Crippen molar-refractivity contribution in [2.45, 2.75) is 12.8 Å². The van der Waals surface area contributed by atoms with Crippen LogP contribution in [0.3, 0.4) is 0 Å². The molecule has 13 heavy (non-hydrogen) atoms. The van der Waals surface area contributed by atoms with Crippen LogP contribution in [0.15, 0.2) is 16.6 Å². The molecule has 0 atom stereocenters. The van der Waals surface area contributed by atoms with Crippen LogP contribution >= 0.6 is 15.9 Å². The summed E-state index contributed by atoms with van der Waals surface area (Å²) in [6.07, 6.45) is 2.37. The summed E-state index contributed by atoms with van der Waals surface area (Å²) in [5.41, 5.74) is 2.57. The highest BCUT2D eigenvalue weighted by Crippen LogP contribution is 2.37. The van der Waals surface area contributed by atoms with Gasteiger partial charge in [-0.25, -0.2) is 0 Å². The molecular weight excluding hydrogens is 230 g/mol. The Morgan fingerprint density at radius 2 is 2.31 bits per heavy atom. The van der Waals surface area contributed by atoms with Crippen LogP contribution in [0.2, 0.25) is 0 Å². The lowest BCUT2D eigenvalue weighted by Crippen LogP contribution is -2.12. The summed E-state index contributed by atoms with van der Waals surface area (Å²) in [6.45, 7) is 1.05. The molecule has 0 saturated carbocycles. The van der Waals surface area contributed by atoms with E-state index in [-0.39, 0.29) is 0 Å². The minimum Gasteiger partial charge on any atom is -0.495 e. The van der Waals surface area contributed by atoms with Crippen molar-refractivity contribution in [2.75, 3.05) is 19.0 Å². The fourth-order valence-corrected chi connectivity index (χ4v) is 2.34. The third-order valence-electron chi connectivity index (χ3n) is 2.34. The van der Waals surface area contributed by atoms with Crippen LogP contribution in [-0.2, 0) is 6.42 Å². The Balaban J connectivity index is 2.48. The Bertz CT molecular complexity index is 325. The summed E-state index contributed by atoms with van der Waals surface area (Å²) in [7, 11) is 1.69. The normalized spacial score (nSPS) is 14.6. The van der Waals surface area contributed by atoms with E-state index in [4.69, 9.17) is 4.74 Å². The lowest BCUT2D eigenvalue weighted by Gasteiger charge is -2.20. The predicted molar refractivity (Wildman–Crippen MR) is 57.5 cm³/mol. The molecule has 1 aromatic rings. The average molecular weight is 242 g/mol. The number of methoxy groups -OCH3 is 1. The standard InChI is InChI=1S/C10H12BrNO/c1-13-8-5-4-7-3-2-6-12-10(7)9(8)11/h4-5,12H,2-3,6H2,1H3. The van der Waals surface area contributed by atoms with Gasteiger partial charge < -0.3 is 10.1 Å². The molecule has 0 unspecified atom stereocenters. The second-order valence-corrected chi connectivity index (χ2v) is 3.94. The maximum absolute atomic E-state index is 5.22. The molecule has 0 radical (unpaired) electrons. The Morgan fingerprint density at radius 3 is 3.08 bits per heavy atom. The maximum atomic E-state index is 5.22. The lowest BCUT2D eigenvalue weighted by molar-refractivity contribution is 0.412. The first-order valence-electron chi connectivity index (χ1n) is 4.42. The molecule has 70 valence electrons. The molecule has 2 rings (SSSR count). The Hall–Kier alpha value is -0.700. The van der Waals surface area contributed by atoms with Gasteiger partial charge in [-0.2, -0.15) is 0 Å². The Labute approximate surface area is 86.4 Å². The summed E-state index contributed by atoms with van der Waals surface area (Å²) in [5, 5.41) is 3.38. The van der Waals surface area contributed by atoms with Gasteiger partial charge in [0.05, 0.1) is 17.3 Å². The van der Waals surface area contributed by atoms with Gasteiger partial charge in [0.25, 0.3) is 0 Å². The molecule has 1 aliphatic rings. The molecule has 0 aliphatic carbocycles. The summed E-state index contributed by atoms with van der Waals surface area (Å²) in [5.74, 6) is 0.896. The van der Waals surface area contributed by atoms with Crippen molar-refractivity contribution in [2.24, 2.45) is 0 Å². The van der Waals surface area contributed by atoms with Gasteiger partial charge in [-0.3, -0.25) is 0 Å². The van der Waals surface area contributed by atoms with Crippen LogP contribution < -0.4 is 10.1 Å². The fourth-order valence-electron chi connectivity index (χ4n) is 1.65. The second kappa shape index (κ2) is 3.58. The van der Waals surface area contributed by atoms with Crippen LogP contribution in [0.4, 0.5) is 5.69 Å². The topological polar surface area (TPSA) is 21.3 Å². The zero-order valence-corrected chi connectivity index (χ0v) is 9.15. The average Bonchev–Trinajstić information content (AvgIpc) is 2.19. The predicted octanol–water partition coefficient (Wildman–Crippen LogP) is 2.82. The maximum Gasteiger partial charge on any atom is 0.135 e. The number of fused-ring (bicyclic) bond motifs is 1. The largest absolute Gasteiger partial charge is 0.495 e. The number of benzene rings is 1. The number of halogens is 1. The van der Waals surface area contributed by atoms with Gasteiger partial charge in [0.2, 0.25) is 0 Å².